The van der Waals surface area contributed by atoms with Crippen LogP contribution in [0.1, 0.15) is 0 Å². The van der Waals surface area contributed by atoms with Crippen molar-refractivity contribution < 1.29 is 94.9 Å². The molecule has 0 aliphatic rings. The standard InChI is InChI=1S/Mn.Na.Ni.4O.Zn/q;+1;+2;;;2*-1;+2. The monoisotopic (exact) mass is 264 g/mol. The van der Waals surface area contributed by atoms with Crippen LogP contribution in [0.2, 0.25) is 0 Å². The van der Waals surface area contributed by atoms with Gasteiger partial charge in [0.05, 0.1) is 0 Å². The second kappa shape index (κ2) is 9.16. The van der Waals surface area contributed by atoms with Gasteiger partial charge in [-0.05, 0) is 0 Å². The summed E-state index contributed by atoms with van der Waals surface area (Å²) in [6, 6.07) is 0. The zero-order valence-electron chi connectivity index (χ0n) is 4.03. The van der Waals surface area contributed by atoms with Gasteiger partial charge in [-0.3, -0.25) is 0 Å². The van der Waals surface area contributed by atoms with Gasteiger partial charge < -0.3 is 0 Å². The summed E-state index contributed by atoms with van der Waals surface area (Å²) < 4.78 is 34.3. The Morgan fingerprint density at radius 3 is 1.12 bits per heavy atom. The van der Waals surface area contributed by atoms with E-state index in [2.05, 4.69) is 0 Å². The third-order valence-electron chi connectivity index (χ3n) is 0. The largest absolute Gasteiger partial charge is 2.00 e. The van der Waals surface area contributed by atoms with E-state index < -0.39 is 13.4 Å². The van der Waals surface area contributed by atoms with Gasteiger partial charge in [-0.15, -0.1) is 0 Å². The maximum Gasteiger partial charge on any atom is 2.00 e. The summed E-state index contributed by atoms with van der Waals surface area (Å²) in [6.07, 6.45) is 0. The quantitative estimate of drug-likeness (QED) is 0.409. The normalized spacial score (nSPS) is 7.25. The van der Waals surface area contributed by atoms with E-state index in [1.54, 1.807) is 0 Å². The maximum absolute atomic E-state index is 8.58. The van der Waals surface area contributed by atoms with Crippen molar-refractivity contribution >= 4 is 0 Å². The fraction of sp³-hybridized carbons (Fsp3) is 0. The van der Waals surface area contributed by atoms with Gasteiger partial charge in [-0.2, -0.15) is 0 Å². The molecule has 0 saturated heterocycles. The van der Waals surface area contributed by atoms with Crippen molar-refractivity contribution in [2.75, 3.05) is 0 Å². The Morgan fingerprint density at radius 1 is 1.12 bits per heavy atom. The van der Waals surface area contributed by atoms with E-state index in [-0.39, 0.29) is 65.5 Å². The van der Waals surface area contributed by atoms with Gasteiger partial charge in [-0.1, -0.05) is 0 Å². The smallest absolute Gasteiger partial charge is 2.00 e. The van der Waals surface area contributed by atoms with Gasteiger partial charge in [0.25, 0.3) is 0 Å². The first-order valence-electron chi connectivity index (χ1n) is 0.617. The van der Waals surface area contributed by atoms with Crippen molar-refractivity contribution in [1.29, 1.82) is 0 Å². The topological polar surface area (TPSA) is 80.3 Å². The molecule has 0 heterocycles. The van der Waals surface area contributed by atoms with E-state index in [4.69, 9.17) is 16.0 Å². The van der Waals surface area contributed by atoms with Crippen LogP contribution in [0.4, 0.5) is 0 Å². The van der Waals surface area contributed by atoms with Gasteiger partial charge in [0, 0.05) is 0 Å². The molecule has 0 bridgehead atoms. The molecule has 0 fully saturated rings. The van der Waals surface area contributed by atoms with Crippen molar-refractivity contribution in [2.24, 2.45) is 0 Å². The zero-order chi connectivity index (χ0) is 4.50. The molecule has 0 aliphatic heterocycles. The predicted molar refractivity (Wildman–Crippen MR) is 1.37 cm³/mol. The summed E-state index contributed by atoms with van der Waals surface area (Å²) >= 11 is -5.62. The molecule has 0 N–H and O–H groups in total. The molecule has 8 heteroatoms. The van der Waals surface area contributed by atoms with Crippen LogP contribution in [0, 0.1) is 0 Å². The van der Waals surface area contributed by atoms with Crippen LogP contribution in [-0.4, -0.2) is 0 Å². The van der Waals surface area contributed by atoms with Gasteiger partial charge in [0.1, 0.15) is 0 Å². The molecule has 0 radical (unpaired) electrons. The minimum absolute atomic E-state index is 0. The van der Waals surface area contributed by atoms with E-state index in [1.807, 2.05) is 0 Å². The zero-order valence-corrected chi connectivity index (χ0v) is 11.2. The Morgan fingerprint density at radius 2 is 1.12 bits per heavy atom. The van der Waals surface area contributed by atoms with Crippen molar-refractivity contribution in [3.8, 4) is 0 Å². The number of hydrogen-bond donors (Lipinski definition) is 0. The van der Waals surface area contributed by atoms with Crippen LogP contribution in [0.25, 0.3) is 0 Å². The van der Waals surface area contributed by atoms with Crippen molar-refractivity contribution in [3.05, 3.63) is 0 Å². The minimum Gasteiger partial charge on any atom is 2.00 e. The Hall–Kier alpha value is 2.16. The van der Waals surface area contributed by atoms with Crippen molar-refractivity contribution in [1.82, 2.24) is 0 Å². The molecule has 0 unspecified atom stereocenters. The molecule has 0 aromatic rings. The minimum atomic E-state index is -5.62. The number of rotatable bonds is 0. The second-order valence-electron chi connectivity index (χ2n) is 0.378. The second-order valence-corrected chi connectivity index (χ2v) is 1.56. The molecule has 0 atom stereocenters. The molecule has 0 saturated carbocycles. The van der Waals surface area contributed by atoms with E-state index in [0.717, 1.165) is 0 Å². The van der Waals surface area contributed by atoms with E-state index >= 15 is 0 Å². The molecule has 0 spiro atoms. The molecule has 4 nitrogen and oxygen atoms in total. The molecule has 0 aliphatic carbocycles. The molecule has 8 heavy (non-hydrogen) atoms. The van der Waals surface area contributed by atoms with Crippen LogP contribution in [0.5, 0.6) is 0 Å². The summed E-state index contributed by atoms with van der Waals surface area (Å²) in [6.45, 7) is 0. The molecule has 41 valence electrons. The number of hydrogen-bond acceptors (Lipinski definition) is 4. The summed E-state index contributed by atoms with van der Waals surface area (Å²) in [7, 11) is 0. The van der Waals surface area contributed by atoms with Crippen LogP contribution in [0.3, 0.4) is 0 Å². The Kier molecular flexibility index (Phi) is 25.7. The van der Waals surface area contributed by atoms with Crippen LogP contribution in [-0.2, 0) is 57.0 Å². The molecular formula is MnNaNiO4Zn+3. The van der Waals surface area contributed by atoms with Crippen molar-refractivity contribution in [3.63, 3.8) is 0 Å². The molecule has 0 aromatic carbocycles. The van der Waals surface area contributed by atoms with Crippen LogP contribution >= 0.6 is 0 Å². The SMILES string of the molecule is [Na+].[Ni+2].[O]=[Mn](=[O])([O-])[O-].[Zn+2]. The first-order valence-corrected chi connectivity index (χ1v) is 2.54. The molecular weight excluding hydrogens is 266 g/mol. The van der Waals surface area contributed by atoms with Gasteiger partial charge in [-0.25, -0.2) is 0 Å². The molecule has 0 amide bonds. The Balaban J connectivity index is -0.0000000267. The van der Waals surface area contributed by atoms with E-state index in [9.17, 15) is 0 Å². The van der Waals surface area contributed by atoms with Gasteiger partial charge in [0.2, 0.25) is 0 Å². The van der Waals surface area contributed by atoms with Gasteiger partial charge >= 0.3 is 94.9 Å². The fourth-order valence-corrected chi connectivity index (χ4v) is 0. The average Bonchev–Trinajstić information content (AvgIpc) is 0.722. The van der Waals surface area contributed by atoms with Crippen LogP contribution in [0.15, 0.2) is 0 Å². The third kappa shape index (κ3) is 89.8. The first-order chi connectivity index (χ1) is 2.00. The third-order valence-corrected chi connectivity index (χ3v) is 0. The summed E-state index contributed by atoms with van der Waals surface area (Å²) in [4.78, 5) is 0. The van der Waals surface area contributed by atoms with E-state index in [0.29, 0.717) is 0 Å². The van der Waals surface area contributed by atoms with Gasteiger partial charge in [0.15, 0.2) is 0 Å². The Bertz CT molecular complexity index is 99.2. The first kappa shape index (κ1) is 22.5. The summed E-state index contributed by atoms with van der Waals surface area (Å²) in [5.74, 6) is 0. The summed E-state index contributed by atoms with van der Waals surface area (Å²) in [5, 5.41) is 0. The predicted octanol–water partition coefficient (Wildman–Crippen LogP) is -5.62. The average molecular weight is 266 g/mol. The Labute approximate surface area is 93.7 Å². The van der Waals surface area contributed by atoms with E-state index in [1.165, 1.54) is 0 Å². The molecule has 0 aromatic heterocycles. The maximum atomic E-state index is 8.58. The molecule has 0 rings (SSSR count). The van der Waals surface area contributed by atoms with Crippen molar-refractivity contribution in [2.45, 2.75) is 0 Å². The van der Waals surface area contributed by atoms with Crippen LogP contribution < -0.4 is 37.9 Å². The fourth-order valence-electron chi connectivity index (χ4n) is 0. The summed E-state index contributed by atoms with van der Waals surface area (Å²) in [5.41, 5.74) is 0.